The number of aromatic nitrogens is 2. The molecule has 0 spiro atoms. The molecule has 33 heavy (non-hydrogen) atoms. The van der Waals surface area contributed by atoms with Gasteiger partial charge in [-0.1, -0.05) is 12.1 Å². The van der Waals surface area contributed by atoms with Crippen LogP contribution in [0.4, 0.5) is 4.79 Å². The van der Waals surface area contributed by atoms with Gasteiger partial charge in [0.2, 0.25) is 0 Å². The summed E-state index contributed by atoms with van der Waals surface area (Å²) in [6.45, 7) is 15.3. The summed E-state index contributed by atoms with van der Waals surface area (Å²) in [5.74, 6) is 0.753. The van der Waals surface area contributed by atoms with Gasteiger partial charge >= 0.3 is 13.2 Å². The first-order chi connectivity index (χ1) is 15.3. The van der Waals surface area contributed by atoms with E-state index in [9.17, 15) is 9.90 Å². The van der Waals surface area contributed by atoms with Crippen molar-refractivity contribution in [3.05, 3.63) is 42.2 Å². The van der Waals surface area contributed by atoms with Crippen molar-refractivity contribution in [2.45, 2.75) is 78.2 Å². The monoisotopic (exact) mass is 457 g/mol. The molecule has 1 aliphatic heterocycles. The fraction of sp³-hybridized carbons (Fsp3) is 0.583. The molecule has 0 radical (unpaired) electrons. The zero-order valence-electron chi connectivity index (χ0n) is 20.8. The van der Waals surface area contributed by atoms with Crippen LogP contribution >= 0.6 is 0 Å². The summed E-state index contributed by atoms with van der Waals surface area (Å²) in [7, 11) is -0.433. The minimum atomic E-state index is -0.913. The predicted octanol–water partition coefficient (Wildman–Crippen LogP) is 3.78. The molecule has 8 nitrogen and oxygen atoms in total. The molecule has 0 saturated carbocycles. The number of rotatable bonds is 8. The maximum atomic E-state index is 11.4. The van der Waals surface area contributed by atoms with Gasteiger partial charge < -0.3 is 24.1 Å². The Bertz CT molecular complexity index is 951. The number of nitrogens with zero attached hydrogens (tertiary/aromatic N) is 3. The molecule has 3 rings (SSSR count). The summed E-state index contributed by atoms with van der Waals surface area (Å²) in [6, 6.07) is 7.85. The molecule has 1 amide bonds. The van der Waals surface area contributed by atoms with E-state index in [1.807, 2.05) is 83.6 Å². The zero-order chi connectivity index (χ0) is 24.4. The van der Waals surface area contributed by atoms with Gasteiger partial charge in [-0.15, -0.1) is 0 Å². The van der Waals surface area contributed by atoms with Crippen LogP contribution in [0.1, 0.15) is 60.5 Å². The summed E-state index contributed by atoms with van der Waals surface area (Å²) in [4.78, 5) is 12.9. The molecule has 2 heterocycles. The van der Waals surface area contributed by atoms with E-state index in [-0.39, 0.29) is 11.2 Å². The second-order valence-electron chi connectivity index (χ2n) is 10.5. The third-order valence-corrected chi connectivity index (χ3v) is 6.26. The van der Waals surface area contributed by atoms with Crippen molar-refractivity contribution in [1.82, 2.24) is 14.7 Å². The van der Waals surface area contributed by atoms with E-state index in [4.69, 9.17) is 14.0 Å². The van der Waals surface area contributed by atoms with Crippen molar-refractivity contribution < 1.29 is 23.9 Å². The third-order valence-electron chi connectivity index (χ3n) is 6.26. The number of carboxylic acid groups (broad SMARTS) is 1. The van der Waals surface area contributed by atoms with Crippen LogP contribution in [-0.4, -0.2) is 62.9 Å². The Hall–Kier alpha value is -2.52. The summed E-state index contributed by atoms with van der Waals surface area (Å²) >= 11 is 0. The van der Waals surface area contributed by atoms with Crippen LogP contribution in [0.5, 0.6) is 5.75 Å². The minimum absolute atomic E-state index is 0.389. The second-order valence-corrected chi connectivity index (χ2v) is 10.5. The van der Waals surface area contributed by atoms with Gasteiger partial charge in [-0.2, -0.15) is 5.10 Å². The van der Waals surface area contributed by atoms with Gasteiger partial charge in [-0.25, -0.2) is 4.79 Å². The maximum absolute atomic E-state index is 11.4. The molecule has 1 saturated heterocycles. The molecule has 0 bridgehead atoms. The standard InChI is InChI=1S/C24H36BN3O5/c1-22(2,3)28(21(29)30)12-9-13-31-20-11-8-10-18(14-20)16-27-17-19(15-26-27)25-32-23(4,5)24(6,7)33-25/h8,10-11,14-15,17H,9,12-13,16H2,1-7H3,(H,29,30). The average Bonchev–Trinajstić information content (AvgIpc) is 3.22. The highest BCUT2D eigenvalue weighted by molar-refractivity contribution is 6.62. The van der Waals surface area contributed by atoms with E-state index >= 15 is 0 Å². The molecular weight excluding hydrogens is 421 g/mol. The predicted molar refractivity (Wildman–Crippen MR) is 128 cm³/mol. The van der Waals surface area contributed by atoms with Crippen molar-refractivity contribution in [3.63, 3.8) is 0 Å². The Morgan fingerprint density at radius 1 is 1.21 bits per heavy atom. The molecule has 9 heteroatoms. The van der Waals surface area contributed by atoms with E-state index in [2.05, 4.69) is 5.10 Å². The lowest BCUT2D eigenvalue weighted by Crippen LogP contribution is -2.45. The van der Waals surface area contributed by atoms with E-state index in [0.29, 0.717) is 26.1 Å². The molecule has 1 fully saturated rings. The van der Waals surface area contributed by atoms with Gasteiger partial charge in [-0.05, 0) is 72.6 Å². The van der Waals surface area contributed by atoms with Gasteiger partial charge in [0.25, 0.3) is 0 Å². The fourth-order valence-corrected chi connectivity index (χ4v) is 3.62. The molecule has 180 valence electrons. The Kier molecular flexibility index (Phi) is 7.14. The minimum Gasteiger partial charge on any atom is -0.494 e. The molecule has 1 aliphatic rings. The number of hydrogen-bond donors (Lipinski definition) is 1. The lowest BCUT2D eigenvalue weighted by Gasteiger charge is -2.33. The van der Waals surface area contributed by atoms with Crippen molar-refractivity contribution in [1.29, 1.82) is 0 Å². The van der Waals surface area contributed by atoms with Crippen LogP contribution in [0.15, 0.2) is 36.7 Å². The largest absolute Gasteiger partial charge is 0.498 e. The molecular formula is C24H36BN3O5. The average molecular weight is 457 g/mol. The van der Waals surface area contributed by atoms with Crippen molar-refractivity contribution in [2.24, 2.45) is 0 Å². The highest BCUT2D eigenvalue weighted by atomic mass is 16.7. The third kappa shape index (κ3) is 6.09. The van der Waals surface area contributed by atoms with Crippen molar-refractivity contribution in [3.8, 4) is 5.75 Å². The first-order valence-electron chi connectivity index (χ1n) is 11.4. The molecule has 1 N–H and O–H groups in total. The number of carbonyl (C=O) groups is 1. The fourth-order valence-electron chi connectivity index (χ4n) is 3.62. The van der Waals surface area contributed by atoms with E-state index in [1.165, 1.54) is 4.90 Å². The number of hydrogen-bond acceptors (Lipinski definition) is 5. The second kappa shape index (κ2) is 9.39. The molecule has 0 atom stereocenters. The SMILES string of the molecule is CC(C)(C)N(CCCOc1cccc(Cn2cc(B3OC(C)(C)C(C)(C)O3)cn2)c1)C(=O)O. The summed E-state index contributed by atoms with van der Waals surface area (Å²) in [5.41, 5.74) is 0.731. The van der Waals surface area contributed by atoms with Crippen LogP contribution < -0.4 is 10.2 Å². The maximum Gasteiger partial charge on any atom is 0.498 e. The summed E-state index contributed by atoms with van der Waals surface area (Å²) < 4.78 is 19.9. The van der Waals surface area contributed by atoms with E-state index < -0.39 is 18.8 Å². The van der Waals surface area contributed by atoms with Crippen LogP contribution in [-0.2, 0) is 15.9 Å². The zero-order valence-corrected chi connectivity index (χ0v) is 20.8. The number of benzene rings is 1. The number of ether oxygens (including phenoxy) is 1. The lowest BCUT2D eigenvalue weighted by molar-refractivity contribution is 0.00578. The summed E-state index contributed by atoms with van der Waals surface area (Å²) in [6.07, 6.45) is 3.43. The Balaban J connectivity index is 1.54. The van der Waals surface area contributed by atoms with Crippen LogP contribution in [0.3, 0.4) is 0 Å². The van der Waals surface area contributed by atoms with Crippen molar-refractivity contribution in [2.75, 3.05) is 13.2 Å². The number of amides is 1. The molecule has 1 aromatic heterocycles. The Morgan fingerprint density at radius 3 is 2.48 bits per heavy atom. The van der Waals surface area contributed by atoms with Crippen LogP contribution in [0.25, 0.3) is 0 Å². The van der Waals surface area contributed by atoms with E-state index in [0.717, 1.165) is 16.8 Å². The van der Waals surface area contributed by atoms with Gasteiger partial charge in [0.05, 0.1) is 24.4 Å². The van der Waals surface area contributed by atoms with Crippen LogP contribution in [0, 0.1) is 0 Å². The van der Waals surface area contributed by atoms with Gasteiger partial charge in [-0.3, -0.25) is 4.68 Å². The molecule has 0 unspecified atom stereocenters. The van der Waals surface area contributed by atoms with Gasteiger partial charge in [0.15, 0.2) is 0 Å². The molecule has 0 aliphatic carbocycles. The normalized spacial score (nSPS) is 17.2. The highest BCUT2D eigenvalue weighted by Crippen LogP contribution is 2.36. The van der Waals surface area contributed by atoms with E-state index in [1.54, 1.807) is 6.20 Å². The highest BCUT2D eigenvalue weighted by Gasteiger charge is 2.52. The van der Waals surface area contributed by atoms with Crippen LogP contribution in [0.2, 0.25) is 0 Å². The lowest BCUT2D eigenvalue weighted by atomic mass is 9.82. The topological polar surface area (TPSA) is 86.0 Å². The van der Waals surface area contributed by atoms with Gasteiger partial charge in [0, 0.05) is 29.9 Å². The Labute approximate surface area is 197 Å². The first kappa shape index (κ1) is 25.1. The summed E-state index contributed by atoms with van der Waals surface area (Å²) in [5, 5.41) is 13.9. The Morgan fingerprint density at radius 2 is 1.88 bits per heavy atom. The van der Waals surface area contributed by atoms with Gasteiger partial charge in [0.1, 0.15) is 5.75 Å². The first-order valence-corrected chi connectivity index (χ1v) is 11.4. The van der Waals surface area contributed by atoms with Crippen molar-refractivity contribution >= 4 is 18.7 Å². The quantitative estimate of drug-likeness (QED) is 0.480. The molecule has 1 aromatic carbocycles. The smallest absolute Gasteiger partial charge is 0.494 e. The molecule has 2 aromatic rings.